The van der Waals surface area contributed by atoms with Crippen molar-refractivity contribution in [3.05, 3.63) is 30.7 Å². The van der Waals surface area contributed by atoms with E-state index >= 15 is 0 Å². The summed E-state index contributed by atoms with van der Waals surface area (Å²) >= 11 is 0. The molecular weight excluding hydrogens is 296 g/mol. The highest BCUT2D eigenvalue weighted by atomic mass is 16.5. The Bertz CT molecular complexity index is 874. The number of hydrogen-bond donors (Lipinski definition) is 2. The van der Waals surface area contributed by atoms with Crippen LogP contribution in [0.3, 0.4) is 0 Å². The Morgan fingerprint density at radius 1 is 1.35 bits per heavy atom. The van der Waals surface area contributed by atoms with Crippen LogP contribution in [0.5, 0.6) is 5.88 Å². The number of carbonyl (C=O) groups is 1. The molecule has 0 fully saturated rings. The first-order valence-corrected chi connectivity index (χ1v) is 7.06. The van der Waals surface area contributed by atoms with E-state index in [1.807, 2.05) is 22.7 Å². The number of ether oxygens (including phenoxy) is 1. The number of pyridine rings is 1. The van der Waals surface area contributed by atoms with Gasteiger partial charge < -0.3 is 20.2 Å². The van der Waals surface area contributed by atoms with Gasteiger partial charge in [-0.1, -0.05) is 6.92 Å². The lowest BCUT2D eigenvalue weighted by atomic mass is 10.2. The molecule has 0 radical (unpaired) electrons. The van der Waals surface area contributed by atoms with E-state index in [4.69, 9.17) is 10.5 Å². The summed E-state index contributed by atoms with van der Waals surface area (Å²) in [6, 6.07) is 3.70. The number of anilines is 2. The number of aromatic nitrogens is 4. The number of carbonyl (C=O) groups excluding carboxylic acids is 1. The maximum Gasteiger partial charge on any atom is 0.257 e. The Labute approximate surface area is 132 Å². The Morgan fingerprint density at radius 3 is 2.91 bits per heavy atom. The number of nitrogens with zero attached hydrogens (tertiary/aromatic N) is 4. The molecule has 0 aliphatic carbocycles. The van der Waals surface area contributed by atoms with Gasteiger partial charge in [0.1, 0.15) is 5.65 Å². The Kier molecular flexibility index (Phi) is 3.80. The van der Waals surface area contributed by atoms with Crippen molar-refractivity contribution in [2.75, 3.05) is 18.2 Å². The van der Waals surface area contributed by atoms with Gasteiger partial charge in [-0.05, 0) is 12.1 Å². The zero-order chi connectivity index (χ0) is 16.4. The Morgan fingerprint density at radius 2 is 2.17 bits per heavy atom. The number of hydrogen-bond acceptors (Lipinski definition) is 6. The van der Waals surface area contributed by atoms with Crippen LogP contribution in [0.15, 0.2) is 30.7 Å². The van der Waals surface area contributed by atoms with E-state index in [2.05, 4.69) is 20.3 Å². The van der Waals surface area contributed by atoms with Gasteiger partial charge in [-0.3, -0.25) is 4.79 Å². The molecule has 0 saturated heterocycles. The first-order valence-electron chi connectivity index (χ1n) is 7.06. The van der Waals surface area contributed by atoms with Gasteiger partial charge in [-0.2, -0.15) is 0 Å². The molecule has 3 aromatic rings. The second-order valence-electron chi connectivity index (χ2n) is 4.86. The molecular formula is C15H16N6O2. The van der Waals surface area contributed by atoms with Gasteiger partial charge in [0.25, 0.3) is 5.88 Å². The molecule has 0 unspecified atom stereocenters. The highest BCUT2D eigenvalue weighted by Crippen LogP contribution is 2.23. The molecule has 3 N–H and O–H groups in total. The van der Waals surface area contributed by atoms with Crippen molar-refractivity contribution in [3.8, 4) is 17.1 Å². The Balaban J connectivity index is 1.98. The zero-order valence-electron chi connectivity index (χ0n) is 12.8. The predicted octanol–water partition coefficient (Wildman–Crippen LogP) is 1.73. The number of imidazole rings is 1. The number of nitrogens with one attached hydrogen (secondary N) is 1. The molecule has 0 aliphatic rings. The maximum absolute atomic E-state index is 11.4. The lowest BCUT2D eigenvalue weighted by Gasteiger charge is -2.05. The monoisotopic (exact) mass is 312 g/mol. The third-order valence-corrected chi connectivity index (χ3v) is 3.30. The van der Waals surface area contributed by atoms with E-state index < -0.39 is 0 Å². The van der Waals surface area contributed by atoms with Gasteiger partial charge in [-0.15, -0.1) is 0 Å². The van der Waals surface area contributed by atoms with Crippen LogP contribution >= 0.6 is 0 Å². The van der Waals surface area contributed by atoms with Gasteiger partial charge in [0, 0.05) is 18.2 Å². The number of fused-ring (bicyclic) bond motifs is 1. The van der Waals surface area contributed by atoms with Gasteiger partial charge >= 0.3 is 0 Å². The largest absolute Gasteiger partial charge is 0.478 e. The van der Waals surface area contributed by atoms with Crippen LogP contribution in [0.1, 0.15) is 13.3 Å². The van der Waals surface area contributed by atoms with Crippen molar-refractivity contribution in [1.29, 1.82) is 0 Å². The van der Waals surface area contributed by atoms with Crippen LogP contribution in [0.2, 0.25) is 0 Å². The molecule has 0 aromatic carbocycles. The molecule has 23 heavy (non-hydrogen) atoms. The summed E-state index contributed by atoms with van der Waals surface area (Å²) in [6.07, 6.45) is 5.58. The number of nitrogens with two attached hydrogens (primary N) is 1. The molecule has 0 spiro atoms. The first-order chi connectivity index (χ1) is 11.1. The summed E-state index contributed by atoms with van der Waals surface area (Å²) in [7, 11) is 1.49. The summed E-state index contributed by atoms with van der Waals surface area (Å²) in [5.74, 6) is 0.950. The maximum atomic E-state index is 11.4. The van der Waals surface area contributed by atoms with Crippen LogP contribution < -0.4 is 15.8 Å². The fourth-order valence-corrected chi connectivity index (χ4v) is 2.11. The van der Waals surface area contributed by atoms with E-state index in [-0.39, 0.29) is 17.6 Å². The van der Waals surface area contributed by atoms with Crippen LogP contribution in [0.4, 0.5) is 11.6 Å². The normalized spacial score (nSPS) is 10.7. The van der Waals surface area contributed by atoms with E-state index in [0.29, 0.717) is 17.9 Å². The minimum absolute atomic E-state index is 0.0808. The van der Waals surface area contributed by atoms with Crippen molar-refractivity contribution in [1.82, 2.24) is 19.4 Å². The zero-order valence-corrected chi connectivity index (χ0v) is 12.8. The standard InChI is InChI=1S/C15H16N6O2/c1-3-13(22)20-11-8-21-7-9(4-5-12(21)19-11)10-6-17-14(16)15(18-10)23-2/h4-8H,3H2,1-2H3,(H2,16,17)(H,20,22). The fourth-order valence-electron chi connectivity index (χ4n) is 2.11. The average molecular weight is 312 g/mol. The van der Waals surface area contributed by atoms with E-state index in [1.165, 1.54) is 7.11 Å². The summed E-state index contributed by atoms with van der Waals surface area (Å²) in [5.41, 5.74) is 7.85. The lowest BCUT2D eigenvalue weighted by Crippen LogP contribution is -2.09. The fraction of sp³-hybridized carbons (Fsp3) is 0.200. The summed E-state index contributed by atoms with van der Waals surface area (Å²) in [6.45, 7) is 1.79. The van der Waals surface area contributed by atoms with Crippen molar-refractivity contribution in [3.63, 3.8) is 0 Å². The van der Waals surface area contributed by atoms with Gasteiger partial charge in [0.15, 0.2) is 11.6 Å². The highest BCUT2D eigenvalue weighted by Gasteiger charge is 2.09. The Hall–Kier alpha value is -3.16. The van der Waals surface area contributed by atoms with E-state index in [1.54, 1.807) is 19.3 Å². The SMILES string of the molecule is CCC(=O)Nc1cn2cc(-c3cnc(N)c(OC)n3)ccc2n1. The van der Waals surface area contributed by atoms with E-state index in [0.717, 1.165) is 11.2 Å². The number of nitrogen functional groups attached to an aromatic ring is 1. The van der Waals surface area contributed by atoms with Crippen molar-refractivity contribution in [2.45, 2.75) is 13.3 Å². The number of methoxy groups -OCH3 is 1. The van der Waals surface area contributed by atoms with E-state index in [9.17, 15) is 4.79 Å². The average Bonchev–Trinajstić information content (AvgIpc) is 2.96. The van der Waals surface area contributed by atoms with Gasteiger partial charge in [0.05, 0.1) is 25.2 Å². The smallest absolute Gasteiger partial charge is 0.257 e. The predicted molar refractivity (Wildman–Crippen MR) is 86.1 cm³/mol. The summed E-state index contributed by atoms with van der Waals surface area (Å²) in [4.78, 5) is 24.2. The van der Waals surface area contributed by atoms with Crippen LogP contribution in [0, 0.1) is 0 Å². The van der Waals surface area contributed by atoms with Gasteiger partial charge in [-0.25, -0.2) is 15.0 Å². The molecule has 118 valence electrons. The topological polar surface area (TPSA) is 107 Å². The molecule has 0 atom stereocenters. The van der Waals surface area contributed by atoms with Crippen LogP contribution in [-0.4, -0.2) is 32.4 Å². The molecule has 8 heteroatoms. The molecule has 1 amide bonds. The highest BCUT2D eigenvalue weighted by molar-refractivity contribution is 5.89. The number of rotatable bonds is 4. The summed E-state index contributed by atoms with van der Waals surface area (Å²) < 4.78 is 6.90. The number of amides is 1. The first kappa shape index (κ1) is 14.8. The third-order valence-electron chi connectivity index (χ3n) is 3.30. The van der Waals surface area contributed by atoms with Crippen molar-refractivity contribution >= 4 is 23.2 Å². The molecule has 3 rings (SSSR count). The third kappa shape index (κ3) is 2.91. The molecule has 3 aromatic heterocycles. The second-order valence-corrected chi connectivity index (χ2v) is 4.86. The lowest BCUT2D eigenvalue weighted by molar-refractivity contribution is -0.115. The summed E-state index contributed by atoms with van der Waals surface area (Å²) in [5, 5.41) is 2.73. The van der Waals surface area contributed by atoms with Crippen molar-refractivity contribution in [2.24, 2.45) is 0 Å². The van der Waals surface area contributed by atoms with Gasteiger partial charge in [0.2, 0.25) is 5.91 Å². The second kappa shape index (κ2) is 5.91. The van der Waals surface area contributed by atoms with Crippen LogP contribution in [-0.2, 0) is 4.79 Å². The van der Waals surface area contributed by atoms with Crippen molar-refractivity contribution < 1.29 is 9.53 Å². The quantitative estimate of drug-likeness (QED) is 0.759. The minimum Gasteiger partial charge on any atom is -0.478 e. The molecule has 0 saturated carbocycles. The molecule has 3 heterocycles. The van der Waals surface area contributed by atoms with Crippen LogP contribution in [0.25, 0.3) is 16.9 Å². The molecule has 0 aliphatic heterocycles. The molecule has 8 nitrogen and oxygen atoms in total. The molecule has 0 bridgehead atoms. The minimum atomic E-state index is -0.0808.